The van der Waals surface area contributed by atoms with E-state index in [0.717, 1.165) is 11.3 Å². The van der Waals surface area contributed by atoms with Crippen molar-refractivity contribution in [3.63, 3.8) is 0 Å². The second-order valence-corrected chi connectivity index (χ2v) is 7.42. The maximum absolute atomic E-state index is 13.0. The van der Waals surface area contributed by atoms with E-state index in [9.17, 15) is 24.0 Å². The molecular weight excluding hydrogens is 404 g/mol. The van der Waals surface area contributed by atoms with E-state index in [1.807, 2.05) is 0 Å². The third kappa shape index (κ3) is 4.79. The standard InChI is InChI=1S/C21H24N4O6/c1-31-17(27)9-4-2-3-8-15(22)23-13-7-5-6-12-18(13)21(30)25(20(12)29)14-10-11-16(26)24-19(14)28/h5-7,14H,2-4,8-11H2,1H3,(H2,22,23)(H,24,26,28). The van der Waals surface area contributed by atoms with Gasteiger partial charge >= 0.3 is 5.97 Å². The van der Waals surface area contributed by atoms with Gasteiger partial charge in [0.25, 0.3) is 11.8 Å². The first kappa shape index (κ1) is 22.1. The number of nitrogens with one attached hydrogen (secondary N) is 3. The molecule has 10 heteroatoms. The normalized spacial score (nSPS) is 18.0. The molecule has 10 nitrogen and oxygen atoms in total. The van der Waals surface area contributed by atoms with Gasteiger partial charge in [-0.15, -0.1) is 0 Å². The zero-order valence-electron chi connectivity index (χ0n) is 17.2. The molecule has 1 fully saturated rings. The quantitative estimate of drug-likeness (QED) is 0.187. The predicted octanol–water partition coefficient (Wildman–Crippen LogP) is 1.60. The van der Waals surface area contributed by atoms with E-state index in [1.165, 1.54) is 13.2 Å². The molecule has 0 radical (unpaired) electrons. The molecular formula is C21H24N4O6. The lowest BCUT2D eigenvalue weighted by Gasteiger charge is -2.27. The lowest BCUT2D eigenvalue weighted by Crippen LogP contribution is -2.54. The highest BCUT2D eigenvalue weighted by molar-refractivity contribution is 6.26. The maximum atomic E-state index is 13.0. The van der Waals surface area contributed by atoms with Crippen molar-refractivity contribution in [1.29, 1.82) is 5.41 Å². The Labute approximate surface area is 178 Å². The van der Waals surface area contributed by atoms with Crippen LogP contribution in [0.15, 0.2) is 18.2 Å². The summed E-state index contributed by atoms with van der Waals surface area (Å²) >= 11 is 0. The van der Waals surface area contributed by atoms with Crippen LogP contribution in [0.4, 0.5) is 5.69 Å². The van der Waals surface area contributed by atoms with Crippen LogP contribution in [0.2, 0.25) is 0 Å². The molecule has 1 saturated heterocycles. The van der Waals surface area contributed by atoms with Gasteiger partial charge in [0.05, 0.1) is 29.8 Å². The van der Waals surface area contributed by atoms with Gasteiger partial charge in [0.15, 0.2) is 0 Å². The zero-order chi connectivity index (χ0) is 22.5. The molecule has 1 atom stereocenters. The third-order valence-corrected chi connectivity index (χ3v) is 5.29. The summed E-state index contributed by atoms with van der Waals surface area (Å²) in [4.78, 5) is 61.4. The molecule has 1 aromatic carbocycles. The molecule has 3 rings (SSSR count). The Bertz CT molecular complexity index is 957. The van der Waals surface area contributed by atoms with Gasteiger partial charge in [-0.3, -0.25) is 39.6 Å². The number of anilines is 1. The van der Waals surface area contributed by atoms with Crippen LogP contribution in [-0.2, 0) is 19.1 Å². The number of amidine groups is 1. The first-order valence-corrected chi connectivity index (χ1v) is 10.1. The zero-order valence-corrected chi connectivity index (χ0v) is 17.2. The second-order valence-electron chi connectivity index (χ2n) is 7.42. The van der Waals surface area contributed by atoms with Crippen LogP contribution in [0.3, 0.4) is 0 Å². The molecule has 164 valence electrons. The maximum Gasteiger partial charge on any atom is 0.305 e. The van der Waals surface area contributed by atoms with Crippen molar-refractivity contribution in [1.82, 2.24) is 10.2 Å². The van der Waals surface area contributed by atoms with E-state index in [-0.39, 0.29) is 35.8 Å². The van der Waals surface area contributed by atoms with E-state index in [0.29, 0.717) is 31.4 Å². The molecule has 2 aliphatic rings. The largest absolute Gasteiger partial charge is 0.469 e. The number of amides is 4. The summed E-state index contributed by atoms with van der Waals surface area (Å²) < 4.78 is 4.58. The summed E-state index contributed by atoms with van der Waals surface area (Å²) in [5.41, 5.74) is 0.600. The number of fused-ring (bicyclic) bond motifs is 1. The van der Waals surface area contributed by atoms with Crippen molar-refractivity contribution in [2.24, 2.45) is 0 Å². The second kappa shape index (κ2) is 9.50. The number of benzene rings is 1. The lowest BCUT2D eigenvalue weighted by molar-refractivity contribution is -0.141. The van der Waals surface area contributed by atoms with Gasteiger partial charge in [-0.2, -0.15) is 0 Å². The number of ether oxygens (including phenoxy) is 1. The van der Waals surface area contributed by atoms with Crippen LogP contribution >= 0.6 is 0 Å². The minimum atomic E-state index is -1.03. The summed E-state index contributed by atoms with van der Waals surface area (Å²) in [6.07, 6.45) is 2.95. The van der Waals surface area contributed by atoms with Crippen LogP contribution < -0.4 is 10.6 Å². The molecule has 31 heavy (non-hydrogen) atoms. The third-order valence-electron chi connectivity index (χ3n) is 5.29. The van der Waals surface area contributed by atoms with E-state index >= 15 is 0 Å². The molecule has 0 spiro atoms. The summed E-state index contributed by atoms with van der Waals surface area (Å²) in [5.74, 6) is -2.40. The number of rotatable bonds is 8. The molecule has 2 heterocycles. The first-order valence-electron chi connectivity index (χ1n) is 10.1. The number of imide groups is 2. The van der Waals surface area contributed by atoms with Crippen LogP contribution in [-0.4, -0.2) is 53.5 Å². The number of hydrogen-bond acceptors (Lipinski definition) is 7. The Morgan fingerprint density at radius 3 is 2.61 bits per heavy atom. The molecule has 1 unspecified atom stereocenters. The monoisotopic (exact) mass is 428 g/mol. The average molecular weight is 428 g/mol. The molecule has 0 aliphatic carbocycles. The number of carbonyl (C=O) groups is 5. The highest BCUT2D eigenvalue weighted by atomic mass is 16.5. The Kier molecular flexibility index (Phi) is 6.78. The van der Waals surface area contributed by atoms with Crippen molar-refractivity contribution in [2.45, 2.75) is 51.0 Å². The van der Waals surface area contributed by atoms with E-state index < -0.39 is 29.7 Å². The Balaban J connectivity index is 1.65. The van der Waals surface area contributed by atoms with Gasteiger partial charge in [0, 0.05) is 19.3 Å². The van der Waals surface area contributed by atoms with Crippen molar-refractivity contribution in [3.05, 3.63) is 29.3 Å². The van der Waals surface area contributed by atoms with Gasteiger partial charge in [-0.1, -0.05) is 12.5 Å². The summed E-state index contributed by atoms with van der Waals surface area (Å²) in [7, 11) is 1.34. The van der Waals surface area contributed by atoms with Crippen molar-refractivity contribution in [2.75, 3.05) is 12.4 Å². The Hall–Kier alpha value is -3.56. The van der Waals surface area contributed by atoms with Crippen LogP contribution in [0.25, 0.3) is 0 Å². The van der Waals surface area contributed by atoms with Crippen molar-refractivity contribution >= 4 is 41.1 Å². The smallest absolute Gasteiger partial charge is 0.305 e. The molecule has 0 saturated carbocycles. The minimum absolute atomic E-state index is 0.0511. The number of nitrogens with zero attached hydrogens (tertiary/aromatic N) is 1. The summed E-state index contributed by atoms with van der Waals surface area (Å²) in [6, 6.07) is 3.67. The van der Waals surface area contributed by atoms with Crippen molar-refractivity contribution < 1.29 is 28.7 Å². The number of esters is 1. The van der Waals surface area contributed by atoms with E-state index in [2.05, 4.69) is 15.4 Å². The first-order chi connectivity index (χ1) is 14.8. The predicted molar refractivity (Wildman–Crippen MR) is 110 cm³/mol. The molecule has 0 aromatic heterocycles. The Morgan fingerprint density at radius 1 is 1.16 bits per heavy atom. The molecule has 2 aliphatic heterocycles. The van der Waals surface area contributed by atoms with Gasteiger partial charge in [-0.25, -0.2) is 0 Å². The molecule has 3 N–H and O–H groups in total. The number of methoxy groups -OCH3 is 1. The van der Waals surface area contributed by atoms with Gasteiger partial charge in [0.2, 0.25) is 11.8 Å². The number of piperidine rings is 1. The van der Waals surface area contributed by atoms with Gasteiger partial charge in [0.1, 0.15) is 6.04 Å². The van der Waals surface area contributed by atoms with Crippen LogP contribution in [0.5, 0.6) is 0 Å². The van der Waals surface area contributed by atoms with E-state index in [4.69, 9.17) is 5.41 Å². The minimum Gasteiger partial charge on any atom is -0.469 e. The van der Waals surface area contributed by atoms with Crippen LogP contribution in [0.1, 0.15) is 65.7 Å². The molecule has 4 amide bonds. The van der Waals surface area contributed by atoms with Gasteiger partial charge < -0.3 is 10.1 Å². The summed E-state index contributed by atoms with van der Waals surface area (Å²) in [5, 5.41) is 13.2. The fraction of sp³-hybridized carbons (Fsp3) is 0.429. The van der Waals surface area contributed by atoms with Crippen molar-refractivity contribution in [3.8, 4) is 0 Å². The summed E-state index contributed by atoms with van der Waals surface area (Å²) in [6.45, 7) is 0. The highest BCUT2D eigenvalue weighted by Crippen LogP contribution is 2.32. The number of carbonyl (C=O) groups excluding carboxylic acids is 5. The number of hydrogen-bond donors (Lipinski definition) is 3. The SMILES string of the molecule is COC(=O)CCCCCC(=N)Nc1cccc2c1C(=O)N(C1CCC(=O)NC1=O)C2=O. The highest BCUT2D eigenvalue weighted by Gasteiger charge is 2.45. The fourth-order valence-corrected chi connectivity index (χ4v) is 3.69. The average Bonchev–Trinajstić information content (AvgIpc) is 2.99. The molecule has 0 bridgehead atoms. The molecule has 1 aromatic rings. The van der Waals surface area contributed by atoms with Crippen LogP contribution in [0, 0.1) is 5.41 Å². The van der Waals surface area contributed by atoms with Gasteiger partial charge in [-0.05, 0) is 31.4 Å². The fourth-order valence-electron chi connectivity index (χ4n) is 3.69. The topological polar surface area (TPSA) is 146 Å². The lowest BCUT2D eigenvalue weighted by atomic mass is 10.0. The van der Waals surface area contributed by atoms with E-state index in [1.54, 1.807) is 12.1 Å². The number of unbranched alkanes of at least 4 members (excludes halogenated alkanes) is 2. The Morgan fingerprint density at radius 2 is 1.90 bits per heavy atom.